The van der Waals surface area contributed by atoms with Crippen LogP contribution in [0.4, 0.5) is 0 Å². The van der Waals surface area contributed by atoms with Crippen molar-refractivity contribution in [2.45, 2.75) is 32.0 Å². The summed E-state index contributed by atoms with van der Waals surface area (Å²) < 4.78 is 11.7. The van der Waals surface area contributed by atoms with Gasteiger partial charge in [-0.3, -0.25) is 9.79 Å². The van der Waals surface area contributed by atoms with Gasteiger partial charge < -0.3 is 25.0 Å². The first-order chi connectivity index (χ1) is 13.3. The number of guanidine groups is 1. The Balaban J connectivity index is 0.00000280. The summed E-state index contributed by atoms with van der Waals surface area (Å²) in [5, 5.41) is 6.27. The molecule has 2 fully saturated rings. The molecule has 0 aliphatic carbocycles. The molecule has 28 heavy (non-hydrogen) atoms. The molecule has 156 valence electrons. The summed E-state index contributed by atoms with van der Waals surface area (Å²) >= 11 is 0. The minimum atomic E-state index is -0.0689. The Kier molecular flexibility index (Phi) is 10.0. The van der Waals surface area contributed by atoms with E-state index in [1.54, 1.807) is 0 Å². The number of aliphatic imine (C=N–C) groups is 1. The van der Waals surface area contributed by atoms with E-state index in [0.29, 0.717) is 25.3 Å². The number of carbonyl (C=O) groups excluding carboxylic acids is 1. The van der Waals surface area contributed by atoms with Gasteiger partial charge >= 0.3 is 0 Å². The smallest absolute Gasteiger partial charge is 0.251 e. The van der Waals surface area contributed by atoms with E-state index in [9.17, 15) is 4.79 Å². The SMILES string of the molecule is CCNC(=NCCNC(=O)c1ccccc1)N1CCOC(C2CCCO2)C1.I. The molecule has 1 aromatic carbocycles. The highest BCUT2D eigenvalue weighted by Gasteiger charge is 2.32. The largest absolute Gasteiger partial charge is 0.375 e. The zero-order valence-corrected chi connectivity index (χ0v) is 18.8. The predicted octanol–water partition coefficient (Wildman–Crippen LogP) is 1.88. The predicted molar refractivity (Wildman–Crippen MR) is 120 cm³/mol. The number of rotatable bonds is 6. The van der Waals surface area contributed by atoms with Gasteiger partial charge in [0.25, 0.3) is 5.91 Å². The molecule has 1 amide bonds. The van der Waals surface area contributed by atoms with Gasteiger partial charge in [0.05, 0.1) is 19.3 Å². The fourth-order valence-corrected chi connectivity index (χ4v) is 3.44. The van der Waals surface area contributed by atoms with Crippen LogP contribution in [0.5, 0.6) is 0 Å². The molecule has 2 saturated heterocycles. The normalized spacial score (nSPS) is 22.5. The number of benzene rings is 1. The van der Waals surface area contributed by atoms with Gasteiger partial charge in [-0.05, 0) is 31.9 Å². The molecule has 2 aliphatic heterocycles. The van der Waals surface area contributed by atoms with Crippen LogP contribution in [0.25, 0.3) is 0 Å². The quantitative estimate of drug-likeness (QED) is 0.269. The van der Waals surface area contributed by atoms with Crippen LogP contribution in [0.1, 0.15) is 30.1 Å². The van der Waals surface area contributed by atoms with Crippen molar-refractivity contribution >= 4 is 35.8 Å². The van der Waals surface area contributed by atoms with Gasteiger partial charge in [0.15, 0.2) is 5.96 Å². The van der Waals surface area contributed by atoms with Crippen molar-refractivity contribution in [3.63, 3.8) is 0 Å². The van der Waals surface area contributed by atoms with Crippen molar-refractivity contribution in [3.8, 4) is 0 Å². The molecular weight excluding hydrogens is 471 g/mol. The number of halogens is 1. The lowest BCUT2D eigenvalue weighted by molar-refractivity contribution is -0.0817. The molecule has 3 rings (SSSR count). The van der Waals surface area contributed by atoms with Crippen molar-refractivity contribution in [1.29, 1.82) is 0 Å². The summed E-state index contributed by atoms with van der Waals surface area (Å²) in [5.74, 6) is 0.804. The molecule has 2 N–H and O–H groups in total. The fourth-order valence-electron chi connectivity index (χ4n) is 3.44. The van der Waals surface area contributed by atoms with Crippen molar-refractivity contribution < 1.29 is 14.3 Å². The number of hydrogen-bond acceptors (Lipinski definition) is 4. The lowest BCUT2D eigenvalue weighted by Crippen LogP contribution is -2.53. The van der Waals surface area contributed by atoms with Crippen LogP contribution >= 0.6 is 24.0 Å². The third-order valence-corrected chi connectivity index (χ3v) is 4.80. The molecule has 0 spiro atoms. The molecule has 0 saturated carbocycles. The maximum absolute atomic E-state index is 12.1. The van der Waals surface area contributed by atoms with E-state index in [1.165, 1.54) is 0 Å². The van der Waals surface area contributed by atoms with Crippen LogP contribution in [-0.4, -0.2) is 74.9 Å². The second kappa shape index (κ2) is 12.2. The van der Waals surface area contributed by atoms with Crippen LogP contribution in [0.15, 0.2) is 35.3 Å². The Labute approximate surface area is 184 Å². The van der Waals surface area contributed by atoms with E-state index >= 15 is 0 Å². The Morgan fingerprint density at radius 1 is 1.18 bits per heavy atom. The summed E-state index contributed by atoms with van der Waals surface area (Å²) in [7, 11) is 0. The van der Waals surface area contributed by atoms with E-state index in [0.717, 1.165) is 45.0 Å². The second-order valence-corrected chi connectivity index (χ2v) is 6.76. The number of carbonyl (C=O) groups is 1. The van der Waals surface area contributed by atoms with Gasteiger partial charge in [-0.2, -0.15) is 0 Å². The van der Waals surface area contributed by atoms with Crippen LogP contribution in [0.2, 0.25) is 0 Å². The average Bonchev–Trinajstić information content (AvgIpc) is 3.26. The van der Waals surface area contributed by atoms with Crippen LogP contribution < -0.4 is 10.6 Å². The van der Waals surface area contributed by atoms with Crippen LogP contribution in [0, 0.1) is 0 Å². The average molecular weight is 502 g/mol. The molecule has 1 aromatic rings. The molecule has 0 aromatic heterocycles. The second-order valence-electron chi connectivity index (χ2n) is 6.76. The molecule has 0 bridgehead atoms. The van der Waals surface area contributed by atoms with Crippen molar-refractivity contribution in [2.75, 3.05) is 45.9 Å². The van der Waals surface area contributed by atoms with Gasteiger partial charge in [0.2, 0.25) is 0 Å². The van der Waals surface area contributed by atoms with Crippen molar-refractivity contribution in [1.82, 2.24) is 15.5 Å². The molecule has 7 nitrogen and oxygen atoms in total. The highest BCUT2D eigenvalue weighted by Crippen LogP contribution is 2.21. The maximum atomic E-state index is 12.1. The number of nitrogens with one attached hydrogen (secondary N) is 2. The van der Waals surface area contributed by atoms with Crippen molar-refractivity contribution in [2.24, 2.45) is 4.99 Å². The van der Waals surface area contributed by atoms with Gasteiger partial charge in [-0.25, -0.2) is 0 Å². The minimum Gasteiger partial charge on any atom is -0.375 e. The van der Waals surface area contributed by atoms with Gasteiger partial charge in [0, 0.05) is 38.3 Å². The lowest BCUT2D eigenvalue weighted by atomic mass is 10.1. The van der Waals surface area contributed by atoms with E-state index in [-0.39, 0.29) is 42.1 Å². The standard InChI is InChI=1S/C20H30N4O3.HI/c1-2-21-20(23-11-10-22-19(25)16-7-4-3-5-8-16)24-12-14-27-18(15-24)17-9-6-13-26-17;/h3-5,7-8,17-18H,2,6,9-15H2,1H3,(H,21,23)(H,22,25);1H. The number of morpholine rings is 1. The summed E-state index contributed by atoms with van der Waals surface area (Å²) in [4.78, 5) is 19.0. The third kappa shape index (κ3) is 6.59. The zero-order valence-electron chi connectivity index (χ0n) is 16.4. The highest BCUT2D eigenvalue weighted by molar-refractivity contribution is 14.0. The van der Waals surface area contributed by atoms with E-state index in [2.05, 4.69) is 27.4 Å². The number of amides is 1. The first kappa shape index (κ1) is 22.9. The number of hydrogen-bond donors (Lipinski definition) is 2. The Hall–Kier alpha value is -1.39. The Morgan fingerprint density at radius 2 is 1.96 bits per heavy atom. The van der Waals surface area contributed by atoms with Gasteiger partial charge in [-0.15, -0.1) is 24.0 Å². The summed E-state index contributed by atoms with van der Waals surface area (Å²) in [6.07, 6.45) is 2.47. The van der Waals surface area contributed by atoms with Crippen molar-refractivity contribution in [3.05, 3.63) is 35.9 Å². The lowest BCUT2D eigenvalue weighted by Gasteiger charge is -2.37. The molecule has 2 atom stereocenters. The van der Waals surface area contributed by atoms with E-state index in [4.69, 9.17) is 9.47 Å². The maximum Gasteiger partial charge on any atom is 0.251 e. The Bertz CT molecular complexity index is 623. The molecule has 8 heteroatoms. The highest BCUT2D eigenvalue weighted by atomic mass is 127. The topological polar surface area (TPSA) is 75.2 Å². The number of ether oxygens (including phenoxy) is 2. The van der Waals surface area contributed by atoms with E-state index in [1.807, 2.05) is 30.3 Å². The molecule has 2 aliphatic rings. The summed E-state index contributed by atoms with van der Waals surface area (Å²) in [6.45, 7) is 7.00. The fraction of sp³-hybridized carbons (Fsp3) is 0.600. The van der Waals surface area contributed by atoms with Crippen LogP contribution in [0.3, 0.4) is 0 Å². The Morgan fingerprint density at radius 3 is 2.68 bits per heavy atom. The third-order valence-electron chi connectivity index (χ3n) is 4.80. The number of nitrogens with zero attached hydrogens (tertiary/aromatic N) is 2. The first-order valence-corrected chi connectivity index (χ1v) is 9.87. The molecule has 0 radical (unpaired) electrons. The minimum absolute atomic E-state index is 0. The zero-order chi connectivity index (χ0) is 18.9. The van der Waals surface area contributed by atoms with Gasteiger partial charge in [0.1, 0.15) is 6.10 Å². The summed E-state index contributed by atoms with van der Waals surface area (Å²) in [5.41, 5.74) is 0.668. The summed E-state index contributed by atoms with van der Waals surface area (Å²) in [6, 6.07) is 9.23. The molecular formula is C20H31IN4O3. The first-order valence-electron chi connectivity index (χ1n) is 9.87. The van der Waals surface area contributed by atoms with Gasteiger partial charge in [-0.1, -0.05) is 18.2 Å². The van der Waals surface area contributed by atoms with Crippen LogP contribution in [-0.2, 0) is 9.47 Å². The molecule has 2 heterocycles. The van der Waals surface area contributed by atoms with E-state index < -0.39 is 0 Å². The molecule has 2 unspecified atom stereocenters. The monoisotopic (exact) mass is 502 g/mol.